The Morgan fingerprint density at radius 2 is 1.90 bits per heavy atom. The quantitative estimate of drug-likeness (QED) is 0.505. The van der Waals surface area contributed by atoms with Gasteiger partial charge in [0.05, 0.1) is 29.5 Å². The van der Waals surface area contributed by atoms with Crippen LogP contribution >= 0.6 is 0 Å². The second kappa shape index (κ2) is 8.55. The molecule has 4 aromatic rings. The number of fused-ring (bicyclic) bond motifs is 1. The van der Waals surface area contributed by atoms with Crippen molar-refractivity contribution < 1.29 is 4.79 Å². The second-order valence-electron chi connectivity index (χ2n) is 7.99. The third-order valence-electron chi connectivity index (χ3n) is 5.33. The molecule has 0 aliphatic rings. The lowest BCUT2D eigenvalue weighted by molar-refractivity contribution is -0.121. The second-order valence-corrected chi connectivity index (χ2v) is 7.99. The molecule has 1 aromatic carbocycles. The first kappa shape index (κ1) is 20.5. The van der Waals surface area contributed by atoms with Gasteiger partial charge >= 0.3 is 0 Å². The maximum absolute atomic E-state index is 12.8. The van der Waals surface area contributed by atoms with Crippen LogP contribution < -0.4 is 10.9 Å². The molecule has 0 radical (unpaired) electrons. The van der Waals surface area contributed by atoms with Gasteiger partial charge in [-0.1, -0.05) is 44.2 Å². The molecule has 0 aliphatic heterocycles. The summed E-state index contributed by atoms with van der Waals surface area (Å²) in [5.41, 5.74) is 4.28. The van der Waals surface area contributed by atoms with Crippen molar-refractivity contribution >= 4 is 11.6 Å². The summed E-state index contributed by atoms with van der Waals surface area (Å²) in [5.74, 6) is -0.0392. The van der Waals surface area contributed by atoms with Crippen molar-refractivity contribution in [2.45, 2.75) is 33.2 Å². The van der Waals surface area contributed by atoms with E-state index in [0.717, 1.165) is 16.8 Å². The molecule has 0 spiro atoms. The van der Waals surface area contributed by atoms with Crippen LogP contribution in [0.4, 0.5) is 0 Å². The van der Waals surface area contributed by atoms with Crippen LogP contribution in [0.1, 0.15) is 36.7 Å². The van der Waals surface area contributed by atoms with Gasteiger partial charge in [-0.3, -0.25) is 19.7 Å². The van der Waals surface area contributed by atoms with E-state index in [-0.39, 0.29) is 29.8 Å². The van der Waals surface area contributed by atoms with Crippen LogP contribution in [0.2, 0.25) is 0 Å². The Balaban J connectivity index is 1.63. The third-order valence-corrected chi connectivity index (χ3v) is 5.33. The van der Waals surface area contributed by atoms with E-state index in [2.05, 4.69) is 20.4 Å². The van der Waals surface area contributed by atoms with Crippen LogP contribution in [-0.2, 0) is 11.2 Å². The normalized spacial score (nSPS) is 12.3. The molecule has 0 bridgehead atoms. The number of H-pyrrole nitrogens is 1. The molecular weight excluding hydrogens is 390 g/mol. The number of carbonyl (C=O) groups is 1. The van der Waals surface area contributed by atoms with Crippen LogP contribution in [0.25, 0.3) is 17.0 Å². The SMILES string of the molecule is Cc1ccccc1CC(=O)NC(c1cc(=O)n2[nH]c(-c3ccccn3)cc2n1)C(C)C. The fourth-order valence-corrected chi connectivity index (χ4v) is 3.61. The Bertz CT molecular complexity index is 1270. The van der Waals surface area contributed by atoms with Gasteiger partial charge < -0.3 is 5.32 Å². The standard InChI is InChI=1S/C24H25N5O2/c1-15(2)24(27-22(30)12-17-9-5-4-8-16(17)3)20-14-23(31)29-21(26-20)13-19(28-29)18-10-6-7-11-25-18/h4-11,13-15,24,28H,12H2,1-3H3,(H,27,30). The average molecular weight is 415 g/mol. The molecule has 158 valence electrons. The van der Waals surface area contributed by atoms with Crippen LogP contribution in [0.5, 0.6) is 0 Å². The first-order valence-electron chi connectivity index (χ1n) is 10.3. The molecule has 2 N–H and O–H groups in total. The van der Waals surface area contributed by atoms with Crippen molar-refractivity contribution in [2.24, 2.45) is 5.92 Å². The van der Waals surface area contributed by atoms with Gasteiger partial charge in [0, 0.05) is 18.3 Å². The van der Waals surface area contributed by atoms with Gasteiger partial charge in [0.2, 0.25) is 5.91 Å². The summed E-state index contributed by atoms with van der Waals surface area (Å²) < 4.78 is 1.39. The Kier molecular flexibility index (Phi) is 5.66. The summed E-state index contributed by atoms with van der Waals surface area (Å²) in [5, 5.41) is 6.11. The summed E-state index contributed by atoms with van der Waals surface area (Å²) >= 11 is 0. The van der Waals surface area contributed by atoms with E-state index in [0.29, 0.717) is 17.0 Å². The van der Waals surface area contributed by atoms with Crippen molar-refractivity contribution in [3.63, 3.8) is 0 Å². The van der Waals surface area contributed by atoms with Crippen molar-refractivity contribution in [3.05, 3.63) is 88.0 Å². The molecule has 0 aliphatic carbocycles. The highest BCUT2D eigenvalue weighted by Crippen LogP contribution is 2.21. The Labute approximate surface area is 180 Å². The minimum absolute atomic E-state index is 0.0596. The number of hydrogen-bond acceptors (Lipinski definition) is 4. The van der Waals surface area contributed by atoms with Gasteiger partial charge in [-0.15, -0.1) is 0 Å². The monoisotopic (exact) mass is 415 g/mol. The van der Waals surface area contributed by atoms with Crippen molar-refractivity contribution in [1.29, 1.82) is 0 Å². The van der Waals surface area contributed by atoms with Crippen LogP contribution in [-0.4, -0.2) is 25.5 Å². The van der Waals surface area contributed by atoms with E-state index in [1.54, 1.807) is 12.3 Å². The van der Waals surface area contributed by atoms with E-state index in [1.807, 2.05) is 63.2 Å². The smallest absolute Gasteiger partial charge is 0.272 e. The number of hydrogen-bond donors (Lipinski definition) is 2. The number of pyridine rings is 1. The number of rotatable bonds is 6. The fourth-order valence-electron chi connectivity index (χ4n) is 3.61. The molecule has 3 aromatic heterocycles. The summed E-state index contributed by atoms with van der Waals surface area (Å²) in [4.78, 5) is 34.5. The molecule has 1 amide bonds. The minimum Gasteiger partial charge on any atom is -0.347 e. The van der Waals surface area contributed by atoms with Crippen molar-refractivity contribution in [1.82, 2.24) is 24.9 Å². The van der Waals surface area contributed by atoms with Gasteiger partial charge in [0.25, 0.3) is 5.56 Å². The molecular formula is C24H25N5O2. The minimum atomic E-state index is -0.373. The maximum atomic E-state index is 12.8. The molecule has 1 unspecified atom stereocenters. The van der Waals surface area contributed by atoms with Crippen LogP contribution in [0.15, 0.2) is 65.6 Å². The molecule has 3 heterocycles. The van der Waals surface area contributed by atoms with E-state index in [1.165, 1.54) is 10.6 Å². The zero-order valence-electron chi connectivity index (χ0n) is 17.8. The lowest BCUT2D eigenvalue weighted by atomic mass is 9.99. The fraction of sp³-hybridized carbons (Fsp3) is 0.250. The number of aromatic nitrogens is 4. The number of nitrogens with one attached hydrogen (secondary N) is 2. The van der Waals surface area contributed by atoms with Gasteiger partial charge in [-0.25, -0.2) is 9.50 Å². The molecule has 0 fully saturated rings. The molecule has 1 atom stereocenters. The summed E-state index contributed by atoms with van der Waals surface area (Å²) in [7, 11) is 0. The van der Waals surface area contributed by atoms with Gasteiger partial charge in [-0.2, -0.15) is 0 Å². The van der Waals surface area contributed by atoms with E-state index in [9.17, 15) is 9.59 Å². The summed E-state index contributed by atoms with van der Waals surface area (Å²) in [6.45, 7) is 5.99. The highest BCUT2D eigenvalue weighted by Gasteiger charge is 2.22. The summed E-state index contributed by atoms with van der Waals surface area (Å²) in [6, 6.07) is 16.3. The first-order chi connectivity index (χ1) is 14.9. The van der Waals surface area contributed by atoms with Crippen molar-refractivity contribution in [3.8, 4) is 11.4 Å². The maximum Gasteiger partial charge on any atom is 0.272 e. The van der Waals surface area contributed by atoms with E-state index < -0.39 is 0 Å². The summed E-state index contributed by atoms with van der Waals surface area (Å²) in [6.07, 6.45) is 1.98. The van der Waals surface area contributed by atoms with Gasteiger partial charge in [0.15, 0.2) is 5.65 Å². The molecule has 0 saturated carbocycles. The number of nitrogens with zero attached hydrogens (tertiary/aromatic N) is 3. The van der Waals surface area contributed by atoms with Crippen molar-refractivity contribution in [2.75, 3.05) is 0 Å². The molecule has 31 heavy (non-hydrogen) atoms. The largest absolute Gasteiger partial charge is 0.347 e. The lowest BCUT2D eigenvalue weighted by Crippen LogP contribution is -2.34. The van der Waals surface area contributed by atoms with Crippen LogP contribution in [0.3, 0.4) is 0 Å². The number of aromatic amines is 1. The lowest BCUT2D eigenvalue weighted by Gasteiger charge is -2.22. The highest BCUT2D eigenvalue weighted by atomic mass is 16.1. The highest BCUT2D eigenvalue weighted by molar-refractivity contribution is 5.79. The average Bonchev–Trinajstić information content (AvgIpc) is 3.19. The first-order valence-corrected chi connectivity index (χ1v) is 10.3. The van der Waals surface area contributed by atoms with E-state index in [4.69, 9.17) is 0 Å². The number of aryl methyl sites for hydroxylation is 1. The zero-order chi connectivity index (χ0) is 22.0. The van der Waals surface area contributed by atoms with E-state index >= 15 is 0 Å². The molecule has 7 nitrogen and oxygen atoms in total. The number of benzene rings is 1. The third kappa shape index (κ3) is 4.40. The topological polar surface area (TPSA) is 92.2 Å². The predicted octanol–water partition coefficient (Wildman–Crippen LogP) is 3.45. The Morgan fingerprint density at radius 1 is 1.13 bits per heavy atom. The Hall–Kier alpha value is -3.74. The van der Waals surface area contributed by atoms with Gasteiger partial charge in [-0.05, 0) is 36.1 Å². The molecule has 0 saturated heterocycles. The predicted molar refractivity (Wildman–Crippen MR) is 120 cm³/mol. The number of amides is 1. The van der Waals surface area contributed by atoms with Gasteiger partial charge in [0.1, 0.15) is 0 Å². The molecule has 4 rings (SSSR count). The number of carbonyl (C=O) groups excluding carboxylic acids is 1. The van der Waals surface area contributed by atoms with Crippen LogP contribution in [0, 0.1) is 12.8 Å². The Morgan fingerprint density at radius 3 is 2.61 bits per heavy atom. The molecule has 7 heteroatoms. The zero-order valence-corrected chi connectivity index (χ0v) is 17.8.